The molecule has 0 fully saturated rings. The lowest BCUT2D eigenvalue weighted by Crippen LogP contribution is -2.10. The fourth-order valence-corrected chi connectivity index (χ4v) is 3.24. The van der Waals surface area contributed by atoms with Gasteiger partial charge in [-0.15, -0.1) is 10.2 Å². The number of esters is 1. The summed E-state index contributed by atoms with van der Waals surface area (Å²) in [4.78, 5) is 19.5. The maximum atomic E-state index is 11.9. The summed E-state index contributed by atoms with van der Waals surface area (Å²) in [5, 5.41) is 9.77. The third kappa shape index (κ3) is 3.67. The van der Waals surface area contributed by atoms with Crippen molar-refractivity contribution in [1.82, 2.24) is 20.2 Å². The van der Waals surface area contributed by atoms with Crippen molar-refractivity contribution in [3.63, 3.8) is 0 Å². The Hall–Kier alpha value is -2.93. The standard InChI is InChI=1S/C19H16N4O2S/c24-16(25-11-10-13-6-2-1-3-7-13)12-26-19-21-18-17(22-23-19)14-8-4-5-9-15(14)20-18/h1-9H,10-12H2,(H,20,21,23). The summed E-state index contributed by atoms with van der Waals surface area (Å²) < 4.78 is 5.26. The summed E-state index contributed by atoms with van der Waals surface area (Å²) in [6, 6.07) is 17.8. The Balaban J connectivity index is 1.34. The van der Waals surface area contributed by atoms with Crippen LogP contribution in [-0.2, 0) is 16.0 Å². The molecule has 0 aliphatic rings. The van der Waals surface area contributed by atoms with Crippen molar-refractivity contribution in [3.8, 4) is 0 Å². The molecule has 0 radical (unpaired) electrons. The molecule has 0 aliphatic heterocycles. The Morgan fingerprint density at radius 3 is 2.73 bits per heavy atom. The van der Waals surface area contributed by atoms with Gasteiger partial charge in [-0.25, -0.2) is 4.98 Å². The summed E-state index contributed by atoms with van der Waals surface area (Å²) in [5.74, 6) is -0.131. The number of para-hydroxylation sites is 1. The van der Waals surface area contributed by atoms with Gasteiger partial charge in [0, 0.05) is 17.3 Å². The Kier molecular flexibility index (Phi) is 4.79. The largest absolute Gasteiger partial charge is 0.465 e. The van der Waals surface area contributed by atoms with E-state index in [1.807, 2.05) is 54.6 Å². The van der Waals surface area contributed by atoms with E-state index in [2.05, 4.69) is 20.2 Å². The highest BCUT2D eigenvalue weighted by atomic mass is 32.2. The minimum Gasteiger partial charge on any atom is -0.465 e. The molecule has 0 amide bonds. The zero-order valence-corrected chi connectivity index (χ0v) is 14.7. The molecule has 4 aromatic rings. The van der Waals surface area contributed by atoms with Gasteiger partial charge in [-0.05, 0) is 11.6 Å². The van der Waals surface area contributed by atoms with E-state index in [4.69, 9.17) is 4.74 Å². The number of H-pyrrole nitrogens is 1. The molecule has 26 heavy (non-hydrogen) atoms. The van der Waals surface area contributed by atoms with Gasteiger partial charge in [-0.3, -0.25) is 4.79 Å². The lowest BCUT2D eigenvalue weighted by Gasteiger charge is -2.04. The molecule has 0 bridgehead atoms. The van der Waals surface area contributed by atoms with Gasteiger partial charge >= 0.3 is 5.97 Å². The van der Waals surface area contributed by atoms with Crippen LogP contribution in [0.1, 0.15) is 5.56 Å². The number of benzene rings is 2. The molecule has 0 unspecified atom stereocenters. The molecule has 130 valence electrons. The molecule has 0 aliphatic carbocycles. The molecule has 7 heteroatoms. The summed E-state index contributed by atoms with van der Waals surface area (Å²) in [6.45, 7) is 0.365. The first-order chi connectivity index (χ1) is 12.8. The van der Waals surface area contributed by atoms with E-state index in [9.17, 15) is 4.79 Å². The van der Waals surface area contributed by atoms with Crippen molar-refractivity contribution < 1.29 is 9.53 Å². The third-order valence-corrected chi connectivity index (χ3v) is 4.73. The van der Waals surface area contributed by atoms with E-state index in [1.54, 1.807) is 0 Å². The number of aromatic amines is 1. The van der Waals surface area contributed by atoms with Crippen molar-refractivity contribution in [3.05, 3.63) is 60.2 Å². The fourth-order valence-electron chi connectivity index (χ4n) is 2.66. The van der Waals surface area contributed by atoms with E-state index in [-0.39, 0.29) is 11.7 Å². The zero-order chi connectivity index (χ0) is 17.8. The second kappa shape index (κ2) is 7.53. The second-order valence-corrected chi connectivity index (χ2v) is 6.65. The molecule has 0 saturated heterocycles. The molecule has 0 saturated carbocycles. The van der Waals surface area contributed by atoms with E-state index in [0.717, 1.165) is 22.0 Å². The van der Waals surface area contributed by atoms with Gasteiger partial charge in [0.1, 0.15) is 5.52 Å². The lowest BCUT2D eigenvalue weighted by atomic mass is 10.2. The number of rotatable bonds is 6. The Labute approximate surface area is 154 Å². The smallest absolute Gasteiger partial charge is 0.316 e. The summed E-state index contributed by atoms with van der Waals surface area (Å²) in [5.41, 5.74) is 3.51. The summed E-state index contributed by atoms with van der Waals surface area (Å²) in [7, 11) is 0. The van der Waals surface area contributed by atoms with Crippen LogP contribution in [0.4, 0.5) is 0 Å². The predicted octanol–water partition coefficient (Wildman–Crippen LogP) is 3.38. The van der Waals surface area contributed by atoms with Crippen molar-refractivity contribution >= 4 is 39.8 Å². The van der Waals surface area contributed by atoms with Crippen molar-refractivity contribution in [2.75, 3.05) is 12.4 Å². The average molecular weight is 364 g/mol. The van der Waals surface area contributed by atoms with Gasteiger partial charge in [-0.1, -0.05) is 60.3 Å². The predicted molar refractivity (Wildman–Crippen MR) is 101 cm³/mol. The third-order valence-electron chi connectivity index (χ3n) is 3.92. The number of fused-ring (bicyclic) bond motifs is 3. The Morgan fingerprint density at radius 2 is 1.85 bits per heavy atom. The molecule has 4 rings (SSSR count). The second-order valence-electron chi connectivity index (χ2n) is 5.71. The first-order valence-corrected chi connectivity index (χ1v) is 9.21. The SMILES string of the molecule is O=C(CSc1nnc2c(n1)[nH]c1ccccc12)OCCc1ccccc1. The van der Waals surface area contributed by atoms with Gasteiger partial charge in [0.15, 0.2) is 5.65 Å². The number of aromatic nitrogens is 4. The maximum absolute atomic E-state index is 11.9. The van der Waals surface area contributed by atoms with Crippen LogP contribution >= 0.6 is 11.8 Å². The highest BCUT2D eigenvalue weighted by Crippen LogP contribution is 2.23. The van der Waals surface area contributed by atoms with E-state index < -0.39 is 0 Å². The number of hydrogen-bond acceptors (Lipinski definition) is 6. The molecular formula is C19H16N4O2S. The quantitative estimate of drug-likeness (QED) is 0.417. The van der Waals surface area contributed by atoms with Crippen molar-refractivity contribution in [1.29, 1.82) is 0 Å². The lowest BCUT2D eigenvalue weighted by molar-refractivity contribution is -0.140. The van der Waals surface area contributed by atoms with Crippen LogP contribution in [0.25, 0.3) is 22.1 Å². The van der Waals surface area contributed by atoms with Crippen LogP contribution in [0.5, 0.6) is 0 Å². The molecule has 2 aromatic heterocycles. The van der Waals surface area contributed by atoms with Crippen LogP contribution in [-0.4, -0.2) is 38.5 Å². The minimum absolute atomic E-state index is 0.155. The maximum Gasteiger partial charge on any atom is 0.316 e. The van der Waals surface area contributed by atoms with Crippen LogP contribution in [0.15, 0.2) is 59.8 Å². The number of nitrogens with one attached hydrogen (secondary N) is 1. The monoisotopic (exact) mass is 364 g/mol. The molecule has 1 N–H and O–H groups in total. The molecule has 0 atom stereocenters. The number of nitrogens with zero attached hydrogens (tertiary/aromatic N) is 3. The molecule has 0 spiro atoms. The zero-order valence-electron chi connectivity index (χ0n) is 13.9. The first-order valence-electron chi connectivity index (χ1n) is 8.23. The molecular weight excluding hydrogens is 348 g/mol. The van der Waals surface area contributed by atoms with Crippen LogP contribution in [0.3, 0.4) is 0 Å². The van der Waals surface area contributed by atoms with Gasteiger partial charge in [-0.2, -0.15) is 0 Å². The molecule has 2 aromatic carbocycles. The van der Waals surface area contributed by atoms with E-state index >= 15 is 0 Å². The van der Waals surface area contributed by atoms with Gasteiger partial charge in [0.25, 0.3) is 0 Å². The summed E-state index contributed by atoms with van der Waals surface area (Å²) >= 11 is 1.22. The normalized spacial score (nSPS) is 11.1. The highest BCUT2D eigenvalue weighted by Gasteiger charge is 2.11. The average Bonchev–Trinajstić information content (AvgIpc) is 3.05. The van der Waals surface area contributed by atoms with Crippen molar-refractivity contribution in [2.45, 2.75) is 11.6 Å². The van der Waals surface area contributed by atoms with Crippen LogP contribution < -0.4 is 0 Å². The fraction of sp³-hybridized carbons (Fsp3) is 0.158. The number of carbonyl (C=O) groups is 1. The van der Waals surface area contributed by atoms with Crippen LogP contribution in [0, 0.1) is 0 Å². The number of carbonyl (C=O) groups excluding carboxylic acids is 1. The van der Waals surface area contributed by atoms with Crippen molar-refractivity contribution in [2.24, 2.45) is 0 Å². The van der Waals surface area contributed by atoms with Gasteiger partial charge in [0.05, 0.1) is 12.4 Å². The minimum atomic E-state index is -0.286. The molecule has 6 nitrogen and oxygen atoms in total. The first kappa shape index (κ1) is 16.5. The molecule has 2 heterocycles. The van der Waals surface area contributed by atoms with E-state index in [0.29, 0.717) is 23.8 Å². The van der Waals surface area contributed by atoms with Crippen LogP contribution in [0.2, 0.25) is 0 Å². The topological polar surface area (TPSA) is 80.8 Å². The van der Waals surface area contributed by atoms with E-state index in [1.165, 1.54) is 11.8 Å². The summed E-state index contributed by atoms with van der Waals surface area (Å²) in [6.07, 6.45) is 0.705. The van der Waals surface area contributed by atoms with Gasteiger partial charge in [0.2, 0.25) is 5.16 Å². The number of ether oxygens (including phenoxy) is 1. The van der Waals surface area contributed by atoms with Gasteiger partial charge < -0.3 is 9.72 Å². The Bertz CT molecular complexity index is 1050. The Morgan fingerprint density at radius 1 is 1.04 bits per heavy atom. The highest BCUT2D eigenvalue weighted by molar-refractivity contribution is 7.99. The number of hydrogen-bond donors (Lipinski definition) is 1. The number of thioether (sulfide) groups is 1.